The highest BCUT2D eigenvalue weighted by atomic mass is 32.2. The maximum atomic E-state index is 12.8. The molecule has 2 heterocycles. The molecule has 0 aromatic heterocycles. The molecule has 9 heteroatoms. The number of amides is 1. The Labute approximate surface area is 154 Å². The van der Waals surface area contributed by atoms with Crippen LogP contribution in [0.15, 0.2) is 23.1 Å². The third-order valence-electron chi connectivity index (χ3n) is 4.65. The zero-order chi connectivity index (χ0) is 18.6. The zero-order valence-corrected chi connectivity index (χ0v) is 15.8. The van der Waals surface area contributed by atoms with Crippen LogP contribution in [0.2, 0.25) is 0 Å². The van der Waals surface area contributed by atoms with E-state index in [1.807, 2.05) is 0 Å². The number of nitrogens with one attached hydrogen (secondary N) is 1. The number of morpholine rings is 1. The number of hydrogen-bond donors (Lipinski definition) is 1. The van der Waals surface area contributed by atoms with Crippen LogP contribution in [0.25, 0.3) is 0 Å². The summed E-state index contributed by atoms with van der Waals surface area (Å²) in [7, 11) is -2.31. The molecule has 1 amide bonds. The lowest BCUT2D eigenvalue weighted by Crippen LogP contribution is -2.41. The van der Waals surface area contributed by atoms with Crippen LogP contribution in [-0.2, 0) is 19.6 Å². The summed E-state index contributed by atoms with van der Waals surface area (Å²) in [6, 6.07) is 4.82. The van der Waals surface area contributed by atoms with Crippen molar-refractivity contribution in [1.29, 1.82) is 0 Å². The van der Waals surface area contributed by atoms with Crippen molar-refractivity contribution in [3.8, 4) is 5.75 Å². The first kappa shape index (κ1) is 19.1. The molecule has 0 bridgehead atoms. The van der Waals surface area contributed by atoms with Gasteiger partial charge in [-0.2, -0.15) is 0 Å². The standard InChI is InChI=1S/C17H25N3O5S/c1-24-15-5-4-14(20-7-2-3-17(20)21)13-16(15)26(22,23)18-6-8-19-9-11-25-12-10-19/h4-5,13,18H,2-3,6-12H2,1H3. The number of carbonyl (C=O) groups excluding carboxylic acids is 1. The third-order valence-corrected chi connectivity index (χ3v) is 6.13. The van der Waals surface area contributed by atoms with Gasteiger partial charge in [0.15, 0.2) is 0 Å². The Morgan fingerprint density at radius 2 is 2.00 bits per heavy atom. The van der Waals surface area contributed by atoms with Gasteiger partial charge in [-0.15, -0.1) is 0 Å². The lowest BCUT2D eigenvalue weighted by Gasteiger charge is -2.26. The van der Waals surface area contributed by atoms with E-state index in [0.29, 0.717) is 45.0 Å². The van der Waals surface area contributed by atoms with Crippen molar-refractivity contribution in [1.82, 2.24) is 9.62 Å². The van der Waals surface area contributed by atoms with Crippen LogP contribution in [0, 0.1) is 0 Å². The molecular weight excluding hydrogens is 358 g/mol. The van der Waals surface area contributed by atoms with Crippen molar-refractivity contribution in [2.45, 2.75) is 17.7 Å². The molecule has 0 atom stereocenters. The maximum Gasteiger partial charge on any atom is 0.244 e. The molecule has 8 nitrogen and oxygen atoms in total. The molecule has 144 valence electrons. The average molecular weight is 383 g/mol. The molecule has 26 heavy (non-hydrogen) atoms. The Bertz CT molecular complexity index is 747. The van der Waals surface area contributed by atoms with Crippen molar-refractivity contribution in [3.05, 3.63) is 18.2 Å². The van der Waals surface area contributed by atoms with Gasteiger partial charge in [0.2, 0.25) is 15.9 Å². The summed E-state index contributed by atoms with van der Waals surface area (Å²) < 4.78 is 38.7. The number of rotatable bonds is 7. The van der Waals surface area contributed by atoms with Crippen molar-refractivity contribution in [3.63, 3.8) is 0 Å². The summed E-state index contributed by atoms with van der Waals surface area (Å²) in [5, 5.41) is 0. The van der Waals surface area contributed by atoms with Crippen LogP contribution in [0.3, 0.4) is 0 Å². The van der Waals surface area contributed by atoms with E-state index >= 15 is 0 Å². The summed E-state index contributed by atoms with van der Waals surface area (Å²) in [6.45, 7) is 4.48. The Hall–Kier alpha value is -1.68. The molecule has 0 unspecified atom stereocenters. The molecule has 0 radical (unpaired) electrons. The molecule has 3 rings (SSSR count). The summed E-state index contributed by atoms with van der Waals surface area (Å²) in [5.74, 6) is 0.276. The SMILES string of the molecule is COc1ccc(N2CCCC2=O)cc1S(=O)(=O)NCCN1CCOCC1. The van der Waals surface area contributed by atoms with Crippen molar-refractivity contribution < 1.29 is 22.7 Å². The minimum absolute atomic E-state index is 0.0128. The summed E-state index contributed by atoms with van der Waals surface area (Å²) in [5.41, 5.74) is 0.585. The first-order valence-electron chi connectivity index (χ1n) is 8.79. The minimum atomic E-state index is -3.74. The van der Waals surface area contributed by atoms with Crippen molar-refractivity contribution in [2.24, 2.45) is 0 Å². The monoisotopic (exact) mass is 383 g/mol. The molecule has 2 fully saturated rings. The number of sulfonamides is 1. The van der Waals surface area contributed by atoms with E-state index in [1.165, 1.54) is 13.2 Å². The third kappa shape index (κ3) is 4.35. The molecule has 2 aliphatic heterocycles. The van der Waals surface area contributed by atoms with E-state index in [4.69, 9.17) is 9.47 Å². The first-order chi connectivity index (χ1) is 12.5. The second-order valence-electron chi connectivity index (χ2n) is 6.34. The lowest BCUT2D eigenvalue weighted by molar-refractivity contribution is -0.117. The van der Waals surface area contributed by atoms with Gasteiger partial charge in [0.05, 0.1) is 20.3 Å². The minimum Gasteiger partial charge on any atom is -0.495 e. The molecule has 1 aromatic carbocycles. The second-order valence-corrected chi connectivity index (χ2v) is 8.07. The van der Waals surface area contributed by atoms with Gasteiger partial charge in [-0.1, -0.05) is 0 Å². The van der Waals surface area contributed by atoms with E-state index in [2.05, 4.69) is 9.62 Å². The number of hydrogen-bond acceptors (Lipinski definition) is 6. The van der Waals surface area contributed by atoms with Crippen LogP contribution in [0.1, 0.15) is 12.8 Å². The lowest BCUT2D eigenvalue weighted by atomic mass is 10.3. The molecule has 1 N–H and O–H groups in total. The van der Waals surface area contributed by atoms with Gasteiger partial charge in [0, 0.05) is 44.8 Å². The van der Waals surface area contributed by atoms with Crippen molar-refractivity contribution in [2.75, 3.05) is 57.9 Å². The molecule has 0 aliphatic carbocycles. The van der Waals surface area contributed by atoms with Crippen LogP contribution >= 0.6 is 0 Å². The van der Waals surface area contributed by atoms with Gasteiger partial charge in [0.1, 0.15) is 10.6 Å². The number of ether oxygens (including phenoxy) is 2. The first-order valence-corrected chi connectivity index (χ1v) is 10.3. The summed E-state index contributed by atoms with van der Waals surface area (Å²) in [6.07, 6.45) is 1.27. The van der Waals surface area contributed by atoms with Crippen LogP contribution in [0.4, 0.5) is 5.69 Å². The Morgan fingerprint density at radius 1 is 1.23 bits per heavy atom. The number of methoxy groups -OCH3 is 1. The topological polar surface area (TPSA) is 88.2 Å². The molecule has 2 saturated heterocycles. The fourth-order valence-electron chi connectivity index (χ4n) is 3.21. The molecule has 0 saturated carbocycles. The van der Waals surface area contributed by atoms with Gasteiger partial charge in [-0.3, -0.25) is 9.69 Å². The second kappa shape index (κ2) is 8.34. The highest BCUT2D eigenvalue weighted by Gasteiger charge is 2.26. The number of anilines is 1. The largest absolute Gasteiger partial charge is 0.495 e. The predicted molar refractivity (Wildman–Crippen MR) is 97.0 cm³/mol. The van der Waals surface area contributed by atoms with E-state index in [0.717, 1.165) is 19.5 Å². The Morgan fingerprint density at radius 3 is 2.65 bits per heavy atom. The van der Waals surface area contributed by atoms with E-state index in [9.17, 15) is 13.2 Å². The smallest absolute Gasteiger partial charge is 0.244 e. The number of nitrogens with zero attached hydrogens (tertiary/aromatic N) is 2. The molecule has 2 aliphatic rings. The molecule has 1 aromatic rings. The highest BCUT2D eigenvalue weighted by Crippen LogP contribution is 2.30. The fourth-order valence-corrected chi connectivity index (χ4v) is 4.41. The van der Waals surface area contributed by atoms with Crippen molar-refractivity contribution >= 4 is 21.6 Å². The van der Waals surface area contributed by atoms with Gasteiger partial charge >= 0.3 is 0 Å². The van der Waals surface area contributed by atoms with Gasteiger partial charge < -0.3 is 14.4 Å². The molecular formula is C17H25N3O5S. The van der Waals surface area contributed by atoms with E-state index in [1.54, 1.807) is 17.0 Å². The van der Waals surface area contributed by atoms with Gasteiger partial charge in [0.25, 0.3) is 0 Å². The van der Waals surface area contributed by atoms with E-state index < -0.39 is 10.0 Å². The number of benzene rings is 1. The normalized spacial score (nSPS) is 19.1. The average Bonchev–Trinajstić information content (AvgIpc) is 3.08. The summed E-state index contributed by atoms with van der Waals surface area (Å²) >= 11 is 0. The fraction of sp³-hybridized carbons (Fsp3) is 0.588. The zero-order valence-electron chi connectivity index (χ0n) is 14.9. The number of carbonyl (C=O) groups is 1. The van der Waals surface area contributed by atoms with Crippen LogP contribution < -0.4 is 14.4 Å². The summed E-state index contributed by atoms with van der Waals surface area (Å²) in [4.78, 5) is 15.8. The predicted octanol–water partition coefficient (Wildman–Crippen LogP) is 0.433. The molecule has 0 spiro atoms. The van der Waals surface area contributed by atoms with Gasteiger partial charge in [-0.25, -0.2) is 13.1 Å². The quantitative estimate of drug-likeness (QED) is 0.735. The maximum absolute atomic E-state index is 12.8. The van der Waals surface area contributed by atoms with Gasteiger partial charge in [-0.05, 0) is 24.6 Å². The van der Waals surface area contributed by atoms with Crippen LogP contribution in [-0.4, -0.2) is 72.3 Å². The highest BCUT2D eigenvalue weighted by molar-refractivity contribution is 7.89. The van der Waals surface area contributed by atoms with E-state index in [-0.39, 0.29) is 16.6 Å². The van der Waals surface area contributed by atoms with Crippen LogP contribution in [0.5, 0.6) is 5.75 Å². The Balaban J connectivity index is 1.73. The Kier molecular flexibility index (Phi) is 6.13.